The van der Waals surface area contributed by atoms with Crippen molar-refractivity contribution in [2.24, 2.45) is 0 Å². The molecule has 0 aliphatic carbocycles. The average molecular weight is 416 g/mol. The number of piperazine rings is 1. The molecule has 0 bridgehead atoms. The fourth-order valence-corrected chi connectivity index (χ4v) is 3.56. The first-order valence-corrected chi connectivity index (χ1v) is 9.22. The summed E-state index contributed by atoms with van der Waals surface area (Å²) in [5.74, 6) is -3.02. The van der Waals surface area contributed by atoms with Gasteiger partial charge in [0.15, 0.2) is 5.83 Å². The van der Waals surface area contributed by atoms with Crippen molar-refractivity contribution in [1.82, 2.24) is 4.90 Å². The van der Waals surface area contributed by atoms with Crippen molar-refractivity contribution in [2.45, 2.75) is 24.4 Å². The van der Waals surface area contributed by atoms with Crippen LogP contribution in [-0.2, 0) is 0 Å². The van der Waals surface area contributed by atoms with E-state index in [-0.39, 0.29) is 18.7 Å². The third-order valence-corrected chi connectivity index (χ3v) is 5.42. The van der Waals surface area contributed by atoms with Crippen LogP contribution in [0.2, 0.25) is 0 Å². The van der Waals surface area contributed by atoms with Crippen molar-refractivity contribution in [1.29, 1.82) is 0 Å². The van der Waals surface area contributed by atoms with Gasteiger partial charge in [0, 0.05) is 44.0 Å². The Kier molecular flexibility index (Phi) is 7.44. The van der Waals surface area contributed by atoms with Gasteiger partial charge >= 0.3 is 12.3 Å². The van der Waals surface area contributed by atoms with Crippen LogP contribution in [0.3, 0.4) is 0 Å². The Morgan fingerprint density at radius 2 is 1.70 bits per heavy atom. The van der Waals surface area contributed by atoms with Crippen LogP contribution in [0.4, 0.5) is 36.4 Å². The predicted octanol–water partition coefficient (Wildman–Crippen LogP) is 5.38. The van der Waals surface area contributed by atoms with Gasteiger partial charge in [0.25, 0.3) is 0 Å². The zero-order valence-electron chi connectivity index (χ0n) is 14.6. The molecule has 0 N–H and O–H groups in total. The van der Waals surface area contributed by atoms with E-state index < -0.39 is 29.7 Å². The SMILES string of the molecule is Cc1cc(F)c(N2CCN(CCC(F)=C(F)F)CC2)cc1SCC(F)(F)F. The minimum atomic E-state index is -4.32. The van der Waals surface area contributed by atoms with Crippen molar-refractivity contribution >= 4 is 17.4 Å². The second-order valence-electron chi connectivity index (χ2n) is 6.22. The number of halogens is 7. The van der Waals surface area contributed by atoms with E-state index in [9.17, 15) is 30.7 Å². The quantitative estimate of drug-likeness (QED) is 0.454. The molecule has 2 nitrogen and oxygen atoms in total. The molecule has 0 amide bonds. The molecule has 0 radical (unpaired) electrons. The fraction of sp³-hybridized carbons (Fsp3) is 0.529. The lowest BCUT2D eigenvalue weighted by atomic mass is 10.1. The zero-order valence-corrected chi connectivity index (χ0v) is 15.4. The van der Waals surface area contributed by atoms with Gasteiger partial charge in [0.1, 0.15) is 5.82 Å². The maximum Gasteiger partial charge on any atom is 0.398 e. The minimum absolute atomic E-state index is 0.125. The Bertz CT molecular complexity index is 679. The Labute approximate surface area is 157 Å². The van der Waals surface area contributed by atoms with Gasteiger partial charge in [-0.15, -0.1) is 11.8 Å². The van der Waals surface area contributed by atoms with E-state index in [1.807, 2.05) is 0 Å². The lowest BCUT2D eigenvalue weighted by molar-refractivity contribution is -0.105. The Hall–Kier alpha value is -1.42. The molecular weight excluding hydrogens is 397 g/mol. The highest BCUT2D eigenvalue weighted by Gasteiger charge is 2.28. The molecule has 1 saturated heterocycles. The first-order chi connectivity index (χ1) is 12.6. The van der Waals surface area contributed by atoms with Gasteiger partial charge in [-0.3, -0.25) is 4.90 Å². The highest BCUT2D eigenvalue weighted by molar-refractivity contribution is 7.99. The van der Waals surface area contributed by atoms with Crippen LogP contribution in [0.25, 0.3) is 0 Å². The minimum Gasteiger partial charge on any atom is -0.367 e. The highest BCUT2D eigenvalue weighted by Crippen LogP contribution is 2.34. The number of alkyl halides is 3. The van der Waals surface area contributed by atoms with E-state index in [0.717, 1.165) is 0 Å². The first-order valence-electron chi connectivity index (χ1n) is 8.23. The smallest absolute Gasteiger partial charge is 0.367 e. The van der Waals surface area contributed by atoms with E-state index in [2.05, 4.69) is 0 Å². The monoisotopic (exact) mass is 416 g/mol. The van der Waals surface area contributed by atoms with Gasteiger partial charge in [0.2, 0.25) is 0 Å². The maximum absolute atomic E-state index is 14.3. The molecule has 0 atom stereocenters. The summed E-state index contributed by atoms with van der Waals surface area (Å²) in [6.45, 7) is 3.24. The summed E-state index contributed by atoms with van der Waals surface area (Å²) < 4.78 is 88.7. The van der Waals surface area contributed by atoms with Crippen LogP contribution in [0, 0.1) is 12.7 Å². The number of hydrogen-bond acceptors (Lipinski definition) is 3. The predicted molar refractivity (Wildman–Crippen MR) is 91.5 cm³/mol. The molecule has 152 valence electrons. The second kappa shape index (κ2) is 9.18. The Morgan fingerprint density at radius 1 is 1.07 bits per heavy atom. The van der Waals surface area contributed by atoms with Crippen molar-refractivity contribution in [3.05, 3.63) is 35.4 Å². The van der Waals surface area contributed by atoms with Gasteiger partial charge < -0.3 is 4.90 Å². The van der Waals surface area contributed by atoms with E-state index in [1.165, 1.54) is 12.1 Å². The van der Waals surface area contributed by atoms with Crippen LogP contribution in [-0.4, -0.2) is 49.6 Å². The van der Waals surface area contributed by atoms with Crippen LogP contribution in [0.1, 0.15) is 12.0 Å². The van der Waals surface area contributed by atoms with Crippen molar-refractivity contribution in [3.63, 3.8) is 0 Å². The van der Waals surface area contributed by atoms with Crippen molar-refractivity contribution in [2.75, 3.05) is 43.4 Å². The van der Waals surface area contributed by atoms with Gasteiger partial charge in [-0.25, -0.2) is 8.78 Å². The molecule has 1 heterocycles. The molecule has 0 aromatic heterocycles. The summed E-state index contributed by atoms with van der Waals surface area (Å²) in [4.78, 5) is 3.84. The van der Waals surface area contributed by atoms with Crippen molar-refractivity contribution < 1.29 is 30.7 Å². The van der Waals surface area contributed by atoms with E-state index in [0.29, 0.717) is 48.4 Å². The molecule has 1 aliphatic rings. The standard InChI is InChI=1S/C17H19F7N2S/c1-11-8-13(19)14(9-15(11)27-10-17(22,23)24)26-6-4-25(5-7-26)3-2-12(18)16(20)21/h8-9H,2-7,10H2,1H3. The molecule has 1 aliphatic heterocycles. The number of benzene rings is 1. The third kappa shape index (κ3) is 6.60. The van der Waals surface area contributed by atoms with Gasteiger partial charge in [-0.1, -0.05) is 0 Å². The van der Waals surface area contributed by atoms with Crippen LogP contribution >= 0.6 is 11.8 Å². The summed E-state index contributed by atoms with van der Waals surface area (Å²) >= 11 is 0.609. The summed E-state index contributed by atoms with van der Waals surface area (Å²) in [7, 11) is 0. The Morgan fingerprint density at radius 3 is 2.26 bits per heavy atom. The molecule has 2 rings (SSSR count). The maximum atomic E-state index is 14.3. The number of rotatable bonds is 6. The van der Waals surface area contributed by atoms with E-state index in [1.54, 1.807) is 16.7 Å². The van der Waals surface area contributed by atoms with Crippen LogP contribution in [0.15, 0.2) is 28.9 Å². The fourth-order valence-electron chi connectivity index (χ4n) is 2.76. The molecule has 1 aromatic rings. The number of aryl methyl sites for hydroxylation is 1. The molecule has 10 heteroatoms. The van der Waals surface area contributed by atoms with Gasteiger partial charge in [0.05, 0.1) is 11.4 Å². The summed E-state index contributed by atoms with van der Waals surface area (Å²) in [6, 6.07) is 2.63. The zero-order chi connectivity index (χ0) is 20.2. The molecule has 1 fully saturated rings. The van der Waals surface area contributed by atoms with Gasteiger partial charge in [-0.2, -0.15) is 22.0 Å². The molecule has 27 heavy (non-hydrogen) atoms. The summed E-state index contributed by atoms with van der Waals surface area (Å²) in [6.07, 6.45) is -7.03. The average Bonchev–Trinajstić information content (AvgIpc) is 2.58. The highest BCUT2D eigenvalue weighted by atomic mass is 32.2. The van der Waals surface area contributed by atoms with Crippen molar-refractivity contribution in [3.8, 4) is 0 Å². The van der Waals surface area contributed by atoms with Crippen LogP contribution in [0.5, 0.6) is 0 Å². The number of hydrogen-bond donors (Lipinski definition) is 0. The van der Waals surface area contributed by atoms with E-state index in [4.69, 9.17) is 0 Å². The normalized spacial score (nSPS) is 15.9. The molecule has 0 unspecified atom stereocenters. The topological polar surface area (TPSA) is 6.48 Å². The number of nitrogens with zero attached hydrogens (tertiary/aromatic N) is 2. The second-order valence-corrected chi connectivity index (χ2v) is 7.23. The number of anilines is 1. The lowest BCUT2D eigenvalue weighted by Crippen LogP contribution is -2.47. The largest absolute Gasteiger partial charge is 0.398 e. The lowest BCUT2D eigenvalue weighted by Gasteiger charge is -2.36. The molecule has 0 spiro atoms. The van der Waals surface area contributed by atoms with Crippen LogP contribution < -0.4 is 4.90 Å². The third-order valence-electron chi connectivity index (χ3n) is 4.20. The van der Waals surface area contributed by atoms with Gasteiger partial charge in [-0.05, 0) is 24.6 Å². The van der Waals surface area contributed by atoms with E-state index >= 15 is 0 Å². The summed E-state index contributed by atoms with van der Waals surface area (Å²) in [5, 5.41) is 0. The first kappa shape index (κ1) is 21.9. The Balaban J connectivity index is 1.99. The molecular formula is C17H19F7N2S. The molecule has 1 aromatic carbocycles. The number of thioether (sulfide) groups is 1. The molecule has 0 saturated carbocycles. The summed E-state index contributed by atoms with van der Waals surface area (Å²) in [5.41, 5.74) is 0.644.